The van der Waals surface area contributed by atoms with E-state index in [9.17, 15) is 4.39 Å². The number of aliphatic imine (C=N–C) groups is 1. The predicted molar refractivity (Wildman–Crippen MR) is 97.9 cm³/mol. The summed E-state index contributed by atoms with van der Waals surface area (Å²) in [6, 6.07) is 4.86. The summed E-state index contributed by atoms with van der Waals surface area (Å²) in [6.45, 7) is 10.9. The second kappa shape index (κ2) is 5.80. The lowest BCUT2D eigenvalue weighted by Crippen LogP contribution is -2.72. The highest BCUT2D eigenvalue weighted by atomic mass is 19.1. The first-order chi connectivity index (χ1) is 11.3. The Balaban J connectivity index is 1.64. The fourth-order valence-electron chi connectivity index (χ4n) is 3.36. The van der Waals surface area contributed by atoms with Crippen LogP contribution in [-0.4, -0.2) is 41.5 Å². The molecule has 3 rings (SSSR count). The Morgan fingerprint density at radius 1 is 1.33 bits per heavy atom. The van der Waals surface area contributed by atoms with E-state index in [2.05, 4.69) is 47.9 Å². The van der Waals surface area contributed by atoms with E-state index < -0.39 is 0 Å². The average molecular weight is 330 g/mol. The van der Waals surface area contributed by atoms with Gasteiger partial charge in [-0.15, -0.1) is 0 Å². The quantitative estimate of drug-likeness (QED) is 0.668. The molecule has 0 atom stereocenters. The van der Waals surface area contributed by atoms with Gasteiger partial charge in [-0.1, -0.05) is 13.8 Å². The molecule has 0 spiro atoms. The lowest BCUT2D eigenvalue weighted by atomic mass is 9.65. The SMILES string of the molecule is CN=C(NCCc1c[nH]c2ccc(F)cc12)N1CC(C)(C)C1(C)C. The highest BCUT2D eigenvalue weighted by Gasteiger charge is 2.53. The number of nitrogens with one attached hydrogen (secondary N) is 2. The van der Waals surface area contributed by atoms with Crippen LogP contribution in [-0.2, 0) is 6.42 Å². The fourth-order valence-corrected chi connectivity index (χ4v) is 3.36. The number of H-pyrrole nitrogens is 1. The number of guanidine groups is 1. The Morgan fingerprint density at radius 2 is 2.08 bits per heavy atom. The van der Waals surface area contributed by atoms with Gasteiger partial charge in [0.1, 0.15) is 5.82 Å². The molecule has 1 fully saturated rings. The number of hydrogen-bond donors (Lipinski definition) is 2. The van der Waals surface area contributed by atoms with Crippen molar-refractivity contribution in [2.45, 2.75) is 39.7 Å². The summed E-state index contributed by atoms with van der Waals surface area (Å²) in [5.74, 6) is 0.738. The molecule has 5 heteroatoms. The topological polar surface area (TPSA) is 43.4 Å². The van der Waals surface area contributed by atoms with Crippen LogP contribution in [0.3, 0.4) is 0 Å². The van der Waals surface area contributed by atoms with E-state index in [1.807, 2.05) is 13.2 Å². The van der Waals surface area contributed by atoms with Crippen LogP contribution in [0.1, 0.15) is 33.3 Å². The van der Waals surface area contributed by atoms with Gasteiger partial charge in [0.25, 0.3) is 0 Å². The van der Waals surface area contributed by atoms with Crippen molar-refractivity contribution in [2.75, 3.05) is 20.1 Å². The molecule has 1 aromatic heterocycles. The zero-order valence-electron chi connectivity index (χ0n) is 15.2. The lowest BCUT2D eigenvalue weighted by Gasteiger charge is -2.62. The summed E-state index contributed by atoms with van der Waals surface area (Å²) < 4.78 is 13.5. The van der Waals surface area contributed by atoms with Gasteiger partial charge in [-0.2, -0.15) is 0 Å². The third-order valence-electron chi connectivity index (χ3n) is 5.76. The highest BCUT2D eigenvalue weighted by Crippen LogP contribution is 2.46. The van der Waals surface area contributed by atoms with E-state index in [-0.39, 0.29) is 16.8 Å². The molecule has 0 aliphatic carbocycles. The first kappa shape index (κ1) is 16.8. The van der Waals surface area contributed by atoms with E-state index in [1.54, 1.807) is 12.1 Å². The predicted octanol–water partition coefficient (Wildman–Crippen LogP) is 3.55. The third-order valence-corrected chi connectivity index (χ3v) is 5.76. The van der Waals surface area contributed by atoms with Crippen LogP contribution < -0.4 is 5.32 Å². The Bertz CT molecular complexity index is 773. The molecule has 4 nitrogen and oxygen atoms in total. The molecule has 130 valence electrons. The molecule has 1 saturated heterocycles. The molecule has 2 N–H and O–H groups in total. The highest BCUT2D eigenvalue weighted by molar-refractivity contribution is 5.84. The second-order valence-electron chi connectivity index (χ2n) is 7.76. The van der Waals surface area contributed by atoms with Crippen molar-refractivity contribution in [1.82, 2.24) is 15.2 Å². The second-order valence-corrected chi connectivity index (χ2v) is 7.76. The Morgan fingerprint density at radius 3 is 2.71 bits per heavy atom. The van der Waals surface area contributed by atoms with Gasteiger partial charge in [-0.3, -0.25) is 4.99 Å². The number of nitrogens with zero attached hydrogens (tertiary/aromatic N) is 2. The van der Waals surface area contributed by atoms with Crippen LogP contribution >= 0.6 is 0 Å². The number of benzene rings is 1. The lowest BCUT2D eigenvalue weighted by molar-refractivity contribution is -0.0666. The summed E-state index contributed by atoms with van der Waals surface area (Å²) in [4.78, 5) is 9.95. The number of aromatic amines is 1. The molecule has 24 heavy (non-hydrogen) atoms. The van der Waals surface area contributed by atoms with Crippen LogP contribution in [0.2, 0.25) is 0 Å². The Hall–Kier alpha value is -2.04. The number of likely N-dealkylation sites (tertiary alicyclic amines) is 1. The number of aromatic nitrogens is 1. The van der Waals surface area contributed by atoms with E-state index >= 15 is 0 Å². The van der Waals surface area contributed by atoms with Gasteiger partial charge in [-0.25, -0.2) is 4.39 Å². The molecule has 2 heterocycles. The smallest absolute Gasteiger partial charge is 0.194 e. The first-order valence-corrected chi connectivity index (χ1v) is 8.50. The molecule has 0 unspecified atom stereocenters. The summed E-state index contributed by atoms with van der Waals surface area (Å²) in [6.07, 6.45) is 2.78. The number of rotatable bonds is 3. The molecule has 0 amide bonds. The standard InChI is InChI=1S/C19H27FN4/c1-18(2)12-24(19(18,3)4)17(21-5)22-9-8-13-11-23-16-7-6-14(20)10-15(13)16/h6-7,10-11,23H,8-9,12H2,1-5H3,(H,21,22). The van der Waals surface area contributed by atoms with Gasteiger partial charge in [0.15, 0.2) is 5.96 Å². The van der Waals surface area contributed by atoms with Crippen LogP contribution in [0.15, 0.2) is 29.4 Å². The molecule has 0 radical (unpaired) electrons. The van der Waals surface area contributed by atoms with Crippen molar-refractivity contribution in [3.63, 3.8) is 0 Å². The number of fused-ring (bicyclic) bond motifs is 1. The Labute approximate surface area is 143 Å². The van der Waals surface area contributed by atoms with Crippen molar-refractivity contribution in [3.8, 4) is 0 Å². The van der Waals surface area contributed by atoms with Crippen molar-refractivity contribution in [1.29, 1.82) is 0 Å². The maximum atomic E-state index is 13.5. The van der Waals surface area contributed by atoms with Crippen LogP contribution in [0.25, 0.3) is 10.9 Å². The van der Waals surface area contributed by atoms with Crippen molar-refractivity contribution in [2.24, 2.45) is 10.4 Å². The van der Waals surface area contributed by atoms with Gasteiger partial charge in [-0.05, 0) is 44.0 Å². The zero-order chi connectivity index (χ0) is 17.5. The Kier molecular flexibility index (Phi) is 4.06. The van der Waals surface area contributed by atoms with Crippen molar-refractivity contribution >= 4 is 16.9 Å². The maximum Gasteiger partial charge on any atom is 0.194 e. The number of halogens is 1. The summed E-state index contributed by atoms with van der Waals surface area (Å²) >= 11 is 0. The van der Waals surface area contributed by atoms with Gasteiger partial charge in [0.05, 0.1) is 0 Å². The van der Waals surface area contributed by atoms with Gasteiger partial charge < -0.3 is 15.2 Å². The minimum Gasteiger partial charge on any atom is -0.361 e. The fraction of sp³-hybridized carbons (Fsp3) is 0.526. The molecule has 0 bridgehead atoms. The summed E-state index contributed by atoms with van der Waals surface area (Å²) in [7, 11) is 1.82. The van der Waals surface area contributed by atoms with Crippen LogP contribution in [0.4, 0.5) is 4.39 Å². The summed E-state index contributed by atoms with van der Waals surface area (Å²) in [5, 5.41) is 4.41. The minimum absolute atomic E-state index is 0.0821. The first-order valence-electron chi connectivity index (χ1n) is 8.50. The van der Waals surface area contributed by atoms with Gasteiger partial charge >= 0.3 is 0 Å². The largest absolute Gasteiger partial charge is 0.361 e. The molecule has 1 aromatic carbocycles. The van der Waals surface area contributed by atoms with E-state index in [4.69, 9.17) is 0 Å². The van der Waals surface area contributed by atoms with E-state index in [1.165, 1.54) is 6.07 Å². The molecular formula is C19H27FN4. The third kappa shape index (κ3) is 2.66. The normalized spacial score (nSPS) is 19.4. The zero-order valence-corrected chi connectivity index (χ0v) is 15.2. The molecule has 1 aliphatic rings. The van der Waals surface area contributed by atoms with Gasteiger partial charge in [0, 0.05) is 48.2 Å². The van der Waals surface area contributed by atoms with E-state index in [0.29, 0.717) is 0 Å². The molecular weight excluding hydrogens is 303 g/mol. The maximum absolute atomic E-state index is 13.5. The molecule has 1 aliphatic heterocycles. The molecule has 2 aromatic rings. The molecule has 0 saturated carbocycles. The van der Waals surface area contributed by atoms with Gasteiger partial charge in [0.2, 0.25) is 0 Å². The van der Waals surface area contributed by atoms with Crippen molar-refractivity contribution < 1.29 is 4.39 Å². The summed E-state index contributed by atoms with van der Waals surface area (Å²) in [5.41, 5.74) is 2.45. The van der Waals surface area contributed by atoms with Crippen LogP contribution in [0.5, 0.6) is 0 Å². The average Bonchev–Trinajstić information content (AvgIpc) is 2.92. The number of hydrogen-bond acceptors (Lipinski definition) is 1. The van der Waals surface area contributed by atoms with Crippen LogP contribution in [0, 0.1) is 11.2 Å². The van der Waals surface area contributed by atoms with Crippen molar-refractivity contribution in [3.05, 3.63) is 35.8 Å². The monoisotopic (exact) mass is 330 g/mol. The minimum atomic E-state index is -0.198. The van der Waals surface area contributed by atoms with E-state index in [0.717, 1.165) is 41.9 Å².